The van der Waals surface area contributed by atoms with Crippen LogP contribution >= 0.6 is 0 Å². The molecule has 0 amide bonds. The Balaban J connectivity index is 1.19. The predicted octanol–water partition coefficient (Wildman–Crippen LogP) is 8.93. The van der Waals surface area contributed by atoms with E-state index in [9.17, 15) is 0 Å². The monoisotopic (exact) mass is 566 g/mol. The minimum atomic E-state index is 0.800. The zero-order valence-electron chi connectivity index (χ0n) is 23.7. The molecule has 0 bridgehead atoms. The van der Waals surface area contributed by atoms with Gasteiger partial charge in [0.2, 0.25) is 0 Å². The fourth-order valence-electron chi connectivity index (χ4n) is 5.86. The molecule has 8 rings (SSSR count). The maximum absolute atomic E-state index is 5.10. The maximum atomic E-state index is 5.10. The zero-order valence-corrected chi connectivity index (χ0v) is 23.7. The van der Waals surface area contributed by atoms with Gasteiger partial charge >= 0.3 is 0 Å². The average molecular weight is 567 g/mol. The first-order chi connectivity index (χ1) is 21.7. The molecule has 0 unspecified atom stereocenters. The van der Waals surface area contributed by atoms with Crippen molar-refractivity contribution in [2.24, 2.45) is 0 Å². The summed E-state index contributed by atoms with van der Waals surface area (Å²) >= 11 is 0. The van der Waals surface area contributed by atoms with Gasteiger partial charge in [0.15, 0.2) is 0 Å². The number of hydrogen-bond donors (Lipinski definition) is 0. The molecule has 0 saturated carbocycles. The van der Waals surface area contributed by atoms with Crippen molar-refractivity contribution in [2.75, 3.05) is 4.90 Å². The van der Waals surface area contributed by atoms with Crippen LogP contribution in [0.4, 0.5) is 11.4 Å². The Labute approximate surface area is 254 Å². The van der Waals surface area contributed by atoms with Crippen molar-refractivity contribution in [1.82, 2.24) is 24.5 Å². The summed E-state index contributed by atoms with van der Waals surface area (Å²) in [6.45, 7) is 4.23. The van der Waals surface area contributed by atoms with Crippen LogP contribution in [-0.4, -0.2) is 24.5 Å². The largest absolute Gasteiger partial charge is 0.316 e. The van der Waals surface area contributed by atoms with Crippen LogP contribution in [0.3, 0.4) is 0 Å². The molecule has 6 heteroatoms. The number of nitrogens with zero attached hydrogens (tertiary/aromatic N) is 6. The van der Waals surface area contributed by atoms with Gasteiger partial charge in [0.05, 0.1) is 40.0 Å². The fraction of sp³-hybridized carbons (Fsp3) is 0. The maximum Gasteiger partial charge on any atom is 0.138 e. The number of benzene rings is 2. The summed E-state index contributed by atoms with van der Waals surface area (Å²) in [5.74, 6) is 0.823. The summed E-state index contributed by atoms with van der Waals surface area (Å²) in [4.78, 5) is 21.1. The van der Waals surface area contributed by atoms with Crippen molar-refractivity contribution in [3.8, 4) is 28.5 Å². The Hall–Kier alpha value is -6.14. The lowest BCUT2D eigenvalue weighted by atomic mass is 10.0. The highest BCUT2D eigenvalue weighted by Crippen LogP contribution is 2.36. The Bertz CT molecular complexity index is 2220. The predicted molar refractivity (Wildman–Crippen MR) is 179 cm³/mol. The number of fused-ring (bicyclic) bond motifs is 4. The molecule has 2 aromatic carbocycles. The first-order valence-corrected chi connectivity index (χ1v) is 14.4. The van der Waals surface area contributed by atoms with Crippen molar-refractivity contribution >= 4 is 38.8 Å². The fourth-order valence-corrected chi connectivity index (χ4v) is 5.86. The second kappa shape index (κ2) is 10.6. The van der Waals surface area contributed by atoms with Crippen LogP contribution in [0.2, 0.25) is 0 Å². The van der Waals surface area contributed by atoms with Gasteiger partial charge in [-0.1, -0.05) is 61.2 Å². The van der Waals surface area contributed by atoms with E-state index in [1.807, 2.05) is 85.5 Å². The molecule has 0 saturated heterocycles. The van der Waals surface area contributed by atoms with Gasteiger partial charge in [-0.05, 0) is 66.2 Å². The number of anilines is 2. The first kappa shape index (κ1) is 25.6. The zero-order chi connectivity index (χ0) is 29.5. The smallest absolute Gasteiger partial charge is 0.138 e. The summed E-state index contributed by atoms with van der Waals surface area (Å²) in [5.41, 5.74) is 9.53. The Kier molecular flexibility index (Phi) is 6.16. The molecule has 44 heavy (non-hydrogen) atoms. The van der Waals surface area contributed by atoms with Crippen LogP contribution in [-0.2, 0) is 0 Å². The highest BCUT2D eigenvalue weighted by molar-refractivity contribution is 6.08. The van der Waals surface area contributed by atoms with Crippen molar-refractivity contribution < 1.29 is 0 Å². The Morgan fingerprint density at radius 3 is 2.34 bits per heavy atom. The van der Waals surface area contributed by atoms with Gasteiger partial charge in [0, 0.05) is 52.4 Å². The van der Waals surface area contributed by atoms with Gasteiger partial charge < -0.3 is 4.90 Å². The van der Waals surface area contributed by atoms with E-state index in [0.717, 1.165) is 67.4 Å². The summed E-state index contributed by atoms with van der Waals surface area (Å²) in [7, 11) is 0. The van der Waals surface area contributed by atoms with Crippen LogP contribution in [0, 0.1) is 0 Å². The molecule has 0 aliphatic carbocycles. The van der Waals surface area contributed by atoms with E-state index < -0.39 is 0 Å². The Morgan fingerprint density at radius 2 is 1.39 bits per heavy atom. The van der Waals surface area contributed by atoms with E-state index in [4.69, 9.17) is 9.97 Å². The quantitative estimate of drug-likeness (QED) is 0.213. The van der Waals surface area contributed by atoms with Gasteiger partial charge in [-0.2, -0.15) is 0 Å². The van der Waals surface area contributed by atoms with E-state index in [-0.39, 0.29) is 0 Å². The molecule has 6 nitrogen and oxygen atoms in total. The number of allylic oxidation sites excluding steroid dienone is 4. The van der Waals surface area contributed by atoms with E-state index in [1.165, 1.54) is 5.39 Å². The van der Waals surface area contributed by atoms with Crippen LogP contribution in [0.5, 0.6) is 0 Å². The molecule has 5 aromatic heterocycles. The van der Waals surface area contributed by atoms with Crippen molar-refractivity contribution in [3.63, 3.8) is 0 Å². The standard InChI is InChI=1S/C38H26N6/c1-26-9-4-5-22-43(35-19-21-39-24-31(26)35)28-11-6-10-27(23-28)32-13-7-14-33(41-32)34-15-8-17-38(42-34)44-36-16-3-2-12-29(36)30-18-20-40-25-37(30)44/h2-25H,1H2/b9-4-,22-5?. The molecule has 7 aromatic rings. The lowest BCUT2D eigenvalue weighted by Gasteiger charge is -2.25. The second-order valence-electron chi connectivity index (χ2n) is 10.6. The summed E-state index contributed by atoms with van der Waals surface area (Å²) in [6, 6.07) is 33.0. The molecular formula is C38H26N6. The number of pyridine rings is 4. The van der Waals surface area contributed by atoms with E-state index in [2.05, 4.69) is 86.8 Å². The minimum absolute atomic E-state index is 0.800. The minimum Gasteiger partial charge on any atom is -0.316 e. The van der Waals surface area contributed by atoms with Gasteiger partial charge in [-0.15, -0.1) is 0 Å². The molecule has 208 valence electrons. The molecule has 1 aliphatic rings. The van der Waals surface area contributed by atoms with Crippen LogP contribution < -0.4 is 4.90 Å². The molecular weight excluding hydrogens is 540 g/mol. The third-order valence-corrected chi connectivity index (χ3v) is 7.92. The van der Waals surface area contributed by atoms with Gasteiger partial charge in [0.1, 0.15) is 5.82 Å². The van der Waals surface area contributed by atoms with Gasteiger partial charge in [-0.3, -0.25) is 14.5 Å². The van der Waals surface area contributed by atoms with E-state index in [1.54, 1.807) is 0 Å². The number of para-hydroxylation sites is 1. The lowest BCUT2D eigenvalue weighted by molar-refractivity contribution is 1.07. The normalized spacial score (nSPS) is 13.5. The molecule has 1 aliphatic heterocycles. The van der Waals surface area contributed by atoms with Crippen molar-refractivity contribution in [2.45, 2.75) is 0 Å². The van der Waals surface area contributed by atoms with Crippen LogP contribution in [0.15, 0.2) is 153 Å². The average Bonchev–Trinajstić information content (AvgIpc) is 3.42. The molecule has 0 N–H and O–H groups in total. The number of hydrogen-bond acceptors (Lipinski definition) is 5. The highest BCUT2D eigenvalue weighted by atomic mass is 15.1. The number of aromatic nitrogens is 5. The molecule has 0 atom stereocenters. The van der Waals surface area contributed by atoms with Crippen LogP contribution in [0.1, 0.15) is 5.56 Å². The van der Waals surface area contributed by atoms with Gasteiger partial charge in [0.25, 0.3) is 0 Å². The van der Waals surface area contributed by atoms with E-state index in [0.29, 0.717) is 0 Å². The molecule has 6 heterocycles. The summed E-state index contributed by atoms with van der Waals surface area (Å²) in [5, 5.41) is 2.32. The lowest BCUT2D eigenvalue weighted by Crippen LogP contribution is -2.11. The SMILES string of the molecule is C=C1/C=C\C=CN(c2cccc(-c3cccc(-c4cccc(-n5c6ccccc6c6ccncc65)n4)n3)c2)c2ccncc21. The second-order valence-corrected chi connectivity index (χ2v) is 10.6. The third kappa shape index (κ3) is 4.37. The highest BCUT2D eigenvalue weighted by Gasteiger charge is 2.16. The van der Waals surface area contributed by atoms with E-state index >= 15 is 0 Å². The van der Waals surface area contributed by atoms with Crippen molar-refractivity contribution in [3.05, 3.63) is 158 Å². The molecule has 0 fully saturated rings. The Morgan fingerprint density at radius 1 is 0.614 bits per heavy atom. The first-order valence-electron chi connectivity index (χ1n) is 14.4. The van der Waals surface area contributed by atoms with Gasteiger partial charge in [-0.25, -0.2) is 9.97 Å². The van der Waals surface area contributed by atoms with Crippen molar-refractivity contribution in [1.29, 1.82) is 0 Å². The topological polar surface area (TPSA) is 59.7 Å². The molecule has 0 radical (unpaired) electrons. The molecule has 0 spiro atoms. The van der Waals surface area contributed by atoms with Crippen LogP contribution in [0.25, 0.3) is 55.8 Å². The number of rotatable bonds is 4. The summed E-state index contributed by atoms with van der Waals surface area (Å²) < 4.78 is 2.17. The third-order valence-electron chi connectivity index (χ3n) is 7.92. The summed E-state index contributed by atoms with van der Waals surface area (Å²) in [6.07, 6.45) is 15.5.